The average molecular weight is 257 g/mol. The van der Waals surface area contributed by atoms with Gasteiger partial charge in [-0.3, -0.25) is 0 Å². The molecule has 0 amide bonds. The second-order valence-electron chi connectivity index (χ2n) is 4.25. The number of halogens is 2. The number of benzene rings is 1. The minimum atomic E-state index is -0.298. The first-order valence-corrected chi connectivity index (χ1v) is 6.94. The fraction of sp³-hybridized carbons (Fsp3) is 0.538. The molecule has 1 aliphatic heterocycles. The Morgan fingerprint density at radius 2 is 1.94 bits per heavy atom. The van der Waals surface area contributed by atoms with Crippen LogP contribution in [0.3, 0.4) is 0 Å². The Bertz CT molecular complexity index is 409. The van der Waals surface area contributed by atoms with Crippen LogP contribution in [-0.2, 0) is 0 Å². The van der Waals surface area contributed by atoms with Gasteiger partial charge in [0.1, 0.15) is 11.6 Å². The second kappa shape index (κ2) is 5.36. The van der Waals surface area contributed by atoms with E-state index in [1.807, 2.05) is 6.92 Å². The summed E-state index contributed by atoms with van der Waals surface area (Å²) in [6.07, 6.45) is 1.99. The lowest BCUT2D eigenvalue weighted by Crippen LogP contribution is -2.27. The predicted molar refractivity (Wildman–Crippen MR) is 67.3 cm³/mol. The van der Waals surface area contributed by atoms with Crippen molar-refractivity contribution in [2.24, 2.45) is 0 Å². The van der Waals surface area contributed by atoms with E-state index in [9.17, 15) is 8.78 Å². The van der Waals surface area contributed by atoms with E-state index in [0.29, 0.717) is 10.5 Å². The fourth-order valence-corrected chi connectivity index (χ4v) is 3.88. The van der Waals surface area contributed by atoms with E-state index in [0.717, 1.165) is 19.4 Å². The van der Waals surface area contributed by atoms with Gasteiger partial charge in [0.05, 0.1) is 4.90 Å². The van der Waals surface area contributed by atoms with Crippen LogP contribution in [0, 0.1) is 11.6 Å². The van der Waals surface area contributed by atoms with Gasteiger partial charge >= 0.3 is 0 Å². The molecular weight excluding hydrogens is 240 g/mol. The van der Waals surface area contributed by atoms with Crippen LogP contribution in [-0.4, -0.2) is 11.8 Å². The number of rotatable bonds is 4. The Balaban J connectivity index is 2.39. The lowest BCUT2D eigenvalue weighted by atomic mass is 10.0. The predicted octanol–water partition coefficient (Wildman–Crippen LogP) is 3.89. The summed E-state index contributed by atoms with van der Waals surface area (Å²) in [5.74, 6) is -0.591. The van der Waals surface area contributed by atoms with Gasteiger partial charge in [-0.05, 0) is 25.1 Å². The maximum absolute atomic E-state index is 13.8. The standard InChI is InChI=1S/C13H17F2NS/c1-3-5-10-12(16-4-2)11-8(14)6-7-9(15)13(11)17-10/h6-7,10,12,16H,3-5H2,1-2H3. The van der Waals surface area contributed by atoms with E-state index in [4.69, 9.17) is 0 Å². The van der Waals surface area contributed by atoms with E-state index in [1.54, 1.807) is 0 Å². The van der Waals surface area contributed by atoms with Crippen LogP contribution in [0.4, 0.5) is 8.78 Å². The molecular formula is C13H17F2NS. The molecule has 1 N–H and O–H groups in total. The molecule has 2 rings (SSSR count). The molecule has 4 heteroatoms. The Morgan fingerprint density at radius 1 is 1.24 bits per heavy atom. The number of fused-ring (bicyclic) bond motifs is 1. The Morgan fingerprint density at radius 3 is 2.59 bits per heavy atom. The van der Waals surface area contributed by atoms with Gasteiger partial charge in [-0.1, -0.05) is 20.3 Å². The number of hydrogen-bond donors (Lipinski definition) is 1. The van der Waals surface area contributed by atoms with E-state index in [1.165, 1.54) is 23.9 Å². The van der Waals surface area contributed by atoms with Crippen molar-refractivity contribution < 1.29 is 8.78 Å². The molecule has 0 aliphatic carbocycles. The largest absolute Gasteiger partial charge is 0.309 e. The number of thioether (sulfide) groups is 1. The van der Waals surface area contributed by atoms with Crippen LogP contribution in [0.1, 0.15) is 38.3 Å². The van der Waals surface area contributed by atoms with Crippen molar-refractivity contribution in [1.82, 2.24) is 5.32 Å². The summed E-state index contributed by atoms with van der Waals surface area (Å²) in [6.45, 7) is 4.85. The van der Waals surface area contributed by atoms with Crippen molar-refractivity contribution in [2.75, 3.05) is 6.54 Å². The molecule has 94 valence electrons. The Labute approximate surface area is 105 Å². The Kier molecular flexibility index (Phi) is 4.05. The van der Waals surface area contributed by atoms with Gasteiger partial charge in [0.2, 0.25) is 0 Å². The quantitative estimate of drug-likeness (QED) is 0.878. The van der Waals surface area contributed by atoms with Crippen LogP contribution in [0.15, 0.2) is 17.0 Å². The van der Waals surface area contributed by atoms with Gasteiger partial charge in [-0.25, -0.2) is 8.78 Å². The molecule has 1 aromatic rings. The molecule has 0 spiro atoms. The second-order valence-corrected chi connectivity index (χ2v) is 5.50. The number of hydrogen-bond acceptors (Lipinski definition) is 2. The zero-order chi connectivity index (χ0) is 12.4. The third-order valence-electron chi connectivity index (χ3n) is 3.04. The minimum Gasteiger partial charge on any atom is -0.309 e. The molecule has 1 aliphatic rings. The third-order valence-corrected chi connectivity index (χ3v) is 4.51. The van der Waals surface area contributed by atoms with Crippen LogP contribution in [0.5, 0.6) is 0 Å². The summed E-state index contributed by atoms with van der Waals surface area (Å²) in [4.78, 5) is 0.495. The summed E-state index contributed by atoms with van der Waals surface area (Å²) in [6, 6.07) is 2.39. The van der Waals surface area contributed by atoms with E-state index >= 15 is 0 Å². The lowest BCUT2D eigenvalue weighted by molar-refractivity contribution is 0.477. The van der Waals surface area contributed by atoms with Crippen LogP contribution >= 0.6 is 11.8 Å². The average Bonchev–Trinajstić information content (AvgIpc) is 2.66. The zero-order valence-electron chi connectivity index (χ0n) is 10.1. The van der Waals surface area contributed by atoms with Crippen molar-refractivity contribution in [1.29, 1.82) is 0 Å². The van der Waals surface area contributed by atoms with Gasteiger partial charge in [0.15, 0.2) is 0 Å². The summed E-state index contributed by atoms with van der Waals surface area (Å²) in [5, 5.41) is 3.51. The van der Waals surface area contributed by atoms with E-state index in [-0.39, 0.29) is 22.9 Å². The molecule has 0 saturated heterocycles. The molecule has 2 atom stereocenters. The number of nitrogens with one attached hydrogen (secondary N) is 1. The molecule has 0 saturated carbocycles. The molecule has 0 bridgehead atoms. The fourth-order valence-electron chi connectivity index (χ4n) is 2.33. The molecule has 1 heterocycles. The Hall–Kier alpha value is -0.610. The van der Waals surface area contributed by atoms with Crippen LogP contribution in [0.2, 0.25) is 0 Å². The minimum absolute atomic E-state index is 0.0596. The molecule has 0 aromatic heterocycles. The van der Waals surface area contributed by atoms with Crippen LogP contribution < -0.4 is 5.32 Å². The highest BCUT2D eigenvalue weighted by Crippen LogP contribution is 2.48. The smallest absolute Gasteiger partial charge is 0.137 e. The highest BCUT2D eigenvalue weighted by atomic mass is 32.2. The summed E-state index contributed by atoms with van der Waals surface area (Å²) >= 11 is 1.47. The van der Waals surface area contributed by atoms with Gasteiger partial charge < -0.3 is 5.32 Å². The van der Waals surface area contributed by atoms with Gasteiger partial charge in [0, 0.05) is 16.9 Å². The molecule has 17 heavy (non-hydrogen) atoms. The van der Waals surface area contributed by atoms with E-state index < -0.39 is 0 Å². The highest BCUT2D eigenvalue weighted by molar-refractivity contribution is 8.00. The molecule has 0 radical (unpaired) electrons. The van der Waals surface area contributed by atoms with Crippen LogP contribution in [0.25, 0.3) is 0 Å². The molecule has 0 fully saturated rings. The topological polar surface area (TPSA) is 12.0 Å². The van der Waals surface area contributed by atoms with E-state index in [2.05, 4.69) is 12.2 Å². The molecule has 2 unspecified atom stereocenters. The first kappa shape index (κ1) is 12.8. The zero-order valence-corrected chi connectivity index (χ0v) is 10.9. The van der Waals surface area contributed by atoms with Gasteiger partial charge in [-0.2, -0.15) is 0 Å². The monoisotopic (exact) mass is 257 g/mol. The maximum Gasteiger partial charge on any atom is 0.137 e. The summed E-state index contributed by atoms with van der Waals surface area (Å²) in [7, 11) is 0. The SMILES string of the molecule is CCCC1Sc2c(F)ccc(F)c2C1NCC. The first-order valence-electron chi connectivity index (χ1n) is 6.07. The summed E-state index contributed by atoms with van der Waals surface area (Å²) in [5.41, 5.74) is 0.523. The maximum atomic E-state index is 13.8. The van der Waals surface area contributed by atoms with Crippen molar-refractivity contribution >= 4 is 11.8 Å². The first-order chi connectivity index (χ1) is 8.19. The molecule has 1 nitrogen and oxygen atoms in total. The van der Waals surface area contributed by atoms with Crippen molar-refractivity contribution in [3.63, 3.8) is 0 Å². The van der Waals surface area contributed by atoms with Crippen molar-refractivity contribution in [2.45, 2.75) is 42.9 Å². The normalized spacial score (nSPS) is 22.8. The van der Waals surface area contributed by atoms with Gasteiger partial charge in [-0.15, -0.1) is 11.8 Å². The third kappa shape index (κ3) is 2.33. The van der Waals surface area contributed by atoms with Crippen molar-refractivity contribution in [3.05, 3.63) is 29.3 Å². The van der Waals surface area contributed by atoms with Crippen molar-refractivity contribution in [3.8, 4) is 0 Å². The summed E-state index contributed by atoms with van der Waals surface area (Å²) < 4.78 is 27.5. The van der Waals surface area contributed by atoms with Gasteiger partial charge in [0.25, 0.3) is 0 Å². The lowest BCUT2D eigenvalue weighted by Gasteiger charge is -2.19. The highest BCUT2D eigenvalue weighted by Gasteiger charge is 2.36. The molecule has 1 aromatic carbocycles.